The number of carbonyl (C=O) groups is 2. The van der Waals surface area contributed by atoms with E-state index in [1.165, 1.54) is 19.2 Å². The number of hydrogen-bond donors (Lipinski definition) is 2. The number of carbonyl (C=O) groups excluding carboxylic acids is 2. The molecule has 0 unspecified atom stereocenters. The summed E-state index contributed by atoms with van der Waals surface area (Å²) in [6, 6.07) is 2.27. The molecular weight excluding hydrogens is 279 g/mol. The van der Waals surface area contributed by atoms with E-state index in [4.69, 9.17) is 4.74 Å². The molecule has 0 aliphatic heterocycles. The Balaban J connectivity index is 2.59. The standard InChI is InChI=1S/C14H13FN2O4/c1-3-21-14(20)9-6-16-11-5-12(17-7(2)18)10(15)4-8(11)13(9)19/h4-6H,3H2,1-2H3,(H,16,19)(H,17,18). The topological polar surface area (TPSA) is 88.3 Å². The van der Waals surface area contributed by atoms with Crippen molar-refractivity contribution < 1.29 is 18.7 Å². The lowest BCUT2D eigenvalue weighted by Crippen LogP contribution is -2.18. The highest BCUT2D eigenvalue weighted by molar-refractivity contribution is 5.96. The van der Waals surface area contributed by atoms with Gasteiger partial charge in [-0.15, -0.1) is 0 Å². The first-order valence-corrected chi connectivity index (χ1v) is 6.23. The molecule has 2 aromatic rings. The molecule has 0 atom stereocenters. The largest absolute Gasteiger partial charge is 0.462 e. The first-order valence-electron chi connectivity index (χ1n) is 6.23. The van der Waals surface area contributed by atoms with Crippen LogP contribution in [0.1, 0.15) is 24.2 Å². The number of pyridine rings is 1. The second-order valence-corrected chi connectivity index (χ2v) is 4.31. The first-order chi connectivity index (χ1) is 9.93. The number of hydrogen-bond acceptors (Lipinski definition) is 4. The van der Waals surface area contributed by atoms with Crippen LogP contribution in [0.15, 0.2) is 23.1 Å². The highest BCUT2D eigenvalue weighted by atomic mass is 19.1. The van der Waals surface area contributed by atoms with Crippen molar-refractivity contribution in [2.45, 2.75) is 13.8 Å². The highest BCUT2D eigenvalue weighted by Gasteiger charge is 2.16. The molecular formula is C14H13FN2O4. The SMILES string of the molecule is CCOC(=O)c1c[nH]c2cc(NC(C)=O)c(F)cc2c1=O. The number of aromatic amines is 1. The minimum Gasteiger partial charge on any atom is -0.462 e. The fraction of sp³-hybridized carbons (Fsp3) is 0.214. The third-order valence-electron chi connectivity index (χ3n) is 2.77. The average Bonchev–Trinajstić information content (AvgIpc) is 2.40. The zero-order valence-electron chi connectivity index (χ0n) is 11.5. The molecule has 2 N–H and O–H groups in total. The fourth-order valence-corrected chi connectivity index (χ4v) is 1.89. The molecule has 0 bridgehead atoms. The van der Waals surface area contributed by atoms with E-state index in [9.17, 15) is 18.8 Å². The second-order valence-electron chi connectivity index (χ2n) is 4.31. The van der Waals surface area contributed by atoms with Crippen molar-refractivity contribution in [3.05, 3.63) is 39.9 Å². The Morgan fingerprint density at radius 3 is 2.71 bits per heavy atom. The molecule has 1 aromatic heterocycles. The summed E-state index contributed by atoms with van der Waals surface area (Å²) in [6.07, 6.45) is 1.21. The number of rotatable bonds is 3. The molecule has 1 amide bonds. The molecule has 0 fully saturated rings. The van der Waals surface area contributed by atoms with Gasteiger partial charge in [0.1, 0.15) is 11.4 Å². The molecule has 110 valence electrons. The van der Waals surface area contributed by atoms with Crippen LogP contribution in [0.3, 0.4) is 0 Å². The summed E-state index contributed by atoms with van der Waals surface area (Å²) in [4.78, 5) is 37.5. The second kappa shape index (κ2) is 5.74. The molecule has 0 aliphatic carbocycles. The van der Waals surface area contributed by atoms with Crippen molar-refractivity contribution in [3.63, 3.8) is 0 Å². The number of aromatic nitrogens is 1. The predicted octanol–water partition coefficient (Wildman–Crippen LogP) is 1.80. The van der Waals surface area contributed by atoms with Crippen molar-refractivity contribution in [3.8, 4) is 0 Å². The van der Waals surface area contributed by atoms with Crippen LogP contribution in [0, 0.1) is 5.82 Å². The summed E-state index contributed by atoms with van der Waals surface area (Å²) in [7, 11) is 0. The van der Waals surface area contributed by atoms with Crippen LogP contribution in [-0.2, 0) is 9.53 Å². The van der Waals surface area contributed by atoms with Gasteiger partial charge in [-0.25, -0.2) is 9.18 Å². The van der Waals surface area contributed by atoms with Crippen molar-refractivity contribution >= 4 is 28.5 Å². The van der Waals surface area contributed by atoms with Gasteiger partial charge >= 0.3 is 5.97 Å². The Morgan fingerprint density at radius 1 is 1.38 bits per heavy atom. The van der Waals surface area contributed by atoms with Gasteiger partial charge in [-0.3, -0.25) is 9.59 Å². The Bertz CT molecular complexity index is 782. The van der Waals surface area contributed by atoms with Gasteiger partial charge in [-0.1, -0.05) is 0 Å². The van der Waals surface area contributed by atoms with Gasteiger partial charge in [0.05, 0.1) is 17.8 Å². The smallest absolute Gasteiger partial charge is 0.343 e. The van der Waals surface area contributed by atoms with Gasteiger partial charge in [0.15, 0.2) is 0 Å². The minimum atomic E-state index is -0.771. The first kappa shape index (κ1) is 14.7. The molecule has 0 saturated carbocycles. The molecule has 2 rings (SSSR count). The van der Waals surface area contributed by atoms with Crippen molar-refractivity contribution in [1.82, 2.24) is 4.98 Å². The summed E-state index contributed by atoms with van der Waals surface area (Å²) < 4.78 is 18.6. The maximum absolute atomic E-state index is 13.9. The fourth-order valence-electron chi connectivity index (χ4n) is 1.89. The van der Waals surface area contributed by atoms with Crippen LogP contribution < -0.4 is 10.7 Å². The quantitative estimate of drug-likeness (QED) is 0.844. The van der Waals surface area contributed by atoms with E-state index >= 15 is 0 Å². The summed E-state index contributed by atoms with van der Waals surface area (Å²) in [6.45, 7) is 2.99. The lowest BCUT2D eigenvalue weighted by Gasteiger charge is -2.07. The van der Waals surface area contributed by atoms with Gasteiger partial charge in [-0.2, -0.15) is 0 Å². The Kier molecular flexibility index (Phi) is 4.02. The highest BCUT2D eigenvalue weighted by Crippen LogP contribution is 2.20. The average molecular weight is 292 g/mol. The van der Waals surface area contributed by atoms with Crippen LogP contribution >= 0.6 is 0 Å². The summed E-state index contributed by atoms with van der Waals surface area (Å²) >= 11 is 0. The van der Waals surface area contributed by atoms with Gasteiger partial charge < -0.3 is 15.0 Å². The van der Waals surface area contributed by atoms with E-state index in [0.717, 1.165) is 6.07 Å². The third kappa shape index (κ3) is 2.91. The zero-order chi connectivity index (χ0) is 15.6. The van der Waals surface area contributed by atoms with E-state index in [2.05, 4.69) is 10.3 Å². The van der Waals surface area contributed by atoms with Gasteiger partial charge in [0.25, 0.3) is 0 Å². The molecule has 6 nitrogen and oxygen atoms in total. The summed E-state index contributed by atoms with van der Waals surface area (Å²) in [5, 5.41) is 2.32. The molecule has 1 aromatic carbocycles. The normalized spacial score (nSPS) is 10.4. The molecule has 0 spiro atoms. The van der Waals surface area contributed by atoms with Crippen LogP contribution in [0.2, 0.25) is 0 Å². The van der Waals surface area contributed by atoms with Gasteiger partial charge in [-0.05, 0) is 19.1 Å². The van der Waals surface area contributed by atoms with Crippen molar-refractivity contribution in [1.29, 1.82) is 0 Å². The van der Waals surface area contributed by atoms with E-state index < -0.39 is 23.1 Å². The van der Waals surface area contributed by atoms with Crippen LogP contribution in [-0.4, -0.2) is 23.5 Å². The number of halogens is 1. The van der Waals surface area contributed by atoms with Crippen LogP contribution in [0.5, 0.6) is 0 Å². The third-order valence-corrected chi connectivity index (χ3v) is 2.77. The Labute approximate surface area is 118 Å². The monoisotopic (exact) mass is 292 g/mol. The number of esters is 1. The number of anilines is 1. The number of ether oxygens (including phenoxy) is 1. The zero-order valence-corrected chi connectivity index (χ0v) is 11.5. The van der Waals surface area contributed by atoms with E-state index in [0.29, 0.717) is 5.52 Å². The number of benzene rings is 1. The molecule has 0 radical (unpaired) electrons. The van der Waals surface area contributed by atoms with Gasteiger partial charge in [0.2, 0.25) is 11.3 Å². The lowest BCUT2D eigenvalue weighted by molar-refractivity contribution is -0.114. The molecule has 0 aliphatic rings. The van der Waals surface area contributed by atoms with E-state index in [1.54, 1.807) is 6.92 Å². The maximum atomic E-state index is 13.9. The molecule has 1 heterocycles. The summed E-state index contributed by atoms with van der Waals surface area (Å²) in [5.74, 6) is -1.96. The predicted molar refractivity (Wildman–Crippen MR) is 74.8 cm³/mol. The van der Waals surface area contributed by atoms with Crippen LogP contribution in [0.25, 0.3) is 10.9 Å². The lowest BCUT2D eigenvalue weighted by atomic mass is 10.1. The van der Waals surface area contributed by atoms with Crippen molar-refractivity contribution in [2.24, 2.45) is 0 Å². The molecule has 7 heteroatoms. The number of amides is 1. The Morgan fingerprint density at radius 2 is 2.10 bits per heavy atom. The van der Waals surface area contributed by atoms with Crippen LogP contribution in [0.4, 0.5) is 10.1 Å². The minimum absolute atomic E-state index is 0.00663. The van der Waals surface area contributed by atoms with E-state index in [-0.39, 0.29) is 23.2 Å². The van der Waals surface area contributed by atoms with Gasteiger partial charge in [0, 0.05) is 18.5 Å². The van der Waals surface area contributed by atoms with Crippen molar-refractivity contribution in [2.75, 3.05) is 11.9 Å². The number of nitrogens with one attached hydrogen (secondary N) is 2. The molecule has 21 heavy (non-hydrogen) atoms. The van der Waals surface area contributed by atoms with E-state index in [1.807, 2.05) is 0 Å². The molecule has 0 saturated heterocycles. The maximum Gasteiger partial charge on any atom is 0.343 e. The number of H-pyrrole nitrogens is 1. The number of fused-ring (bicyclic) bond motifs is 1. The summed E-state index contributed by atoms with van der Waals surface area (Å²) in [5.41, 5.74) is -0.570. The Hall–Kier alpha value is -2.70.